The van der Waals surface area contributed by atoms with Crippen LogP contribution in [0.15, 0.2) is 24.5 Å². The largest absolute Gasteiger partial charge is 0.493 e. The molecule has 0 fully saturated rings. The molecule has 100 valence electrons. The molecule has 2 N–H and O–H groups in total. The first-order valence-corrected chi connectivity index (χ1v) is 5.69. The summed E-state index contributed by atoms with van der Waals surface area (Å²) in [4.78, 5) is 7.66. The molecular formula is C12H12ClN3O3. The van der Waals surface area contributed by atoms with Gasteiger partial charge in [-0.25, -0.2) is 4.98 Å². The molecule has 1 heterocycles. The lowest BCUT2D eigenvalue weighted by molar-refractivity contribution is 0.351. The minimum atomic E-state index is 0.144. The van der Waals surface area contributed by atoms with Crippen LogP contribution in [0, 0.1) is 0 Å². The lowest BCUT2D eigenvalue weighted by Gasteiger charge is -2.11. The highest BCUT2D eigenvalue weighted by Gasteiger charge is 2.10. The number of benzene rings is 1. The Balaban J connectivity index is 2.31. The van der Waals surface area contributed by atoms with E-state index in [0.717, 1.165) is 0 Å². The molecular weight excluding hydrogens is 270 g/mol. The highest BCUT2D eigenvalue weighted by molar-refractivity contribution is 6.32. The monoisotopic (exact) mass is 281 g/mol. The summed E-state index contributed by atoms with van der Waals surface area (Å²) < 4.78 is 15.8. The quantitative estimate of drug-likeness (QED) is 0.868. The molecule has 0 aliphatic carbocycles. The normalized spacial score (nSPS) is 10.1. The van der Waals surface area contributed by atoms with Gasteiger partial charge in [0.25, 0.3) is 0 Å². The maximum Gasteiger partial charge on any atom is 0.247 e. The fraction of sp³-hybridized carbons (Fsp3) is 0.167. The van der Waals surface area contributed by atoms with Crippen molar-refractivity contribution in [1.82, 2.24) is 9.97 Å². The van der Waals surface area contributed by atoms with E-state index in [1.165, 1.54) is 13.4 Å². The number of methoxy groups -OCH3 is 2. The predicted octanol–water partition coefficient (Wildman–Crippen LogP) is 2.52. The molecule has 0 aliphatic rings. The second-order valence-electron chi connectivity index (χ2n) is 3.50. The van der Waals surface area contributed by atoms with E-state index in [2.05, 4.69) is 9.97 Å². The molecule has 0 spiro atoms. The second-order valence-corrected chi connectivity index (χ2v) is 3.86. The van der Waals surface area contributed by atoms with Gasteiger partial charge in [-0.1, -0.05) is 11.6 Å². The van der Waals surface area contributed by atoms with Crippen molar-refractivity contribution in [3.05, 3.63) is 29.7 Å². The SMILES string of the molecule is COc1ccc(Oc2ncnc(Cl)c2N)cc1OC. The lowest BCUT2D eigenvalue weighted by atomic mass is 10.3. The highest BCUT2D eigenvalue weighted by atomic mass is 35.5. The van der Waals surface area contributed by atoms with E-state index in [-0.39, 0.29) is 16.7 Å². The first-order chi connectivity index (χ1) is 9.15. The Kier molecular flexibility index (Phi) is 3.91. The van der Waals surface area contributed by atoms with Crippen LogP contribution >= 0.6 is 11.6 Å². The van der Waals surface area contributed by atoms with Crippen molar-refractivity contribution in [3.63, 3.8) is 0 Å². The van der Waals surface area contributed by atoms with Gasteiger partial charge < -0.3 is 19.9 Å². The minimum absolute atomic E-state index is 0.144. The minimum Gasteiger partial charge on any atom is -0.493 e. The number of hydrogen-bond donors (Lipinski definition) is 1. The van der Waals surface area contributed by atoms with Gasteiger partial charge in [-0.3, -0.25) is 0 Å². The molecule has 7 heteroatoms. The zero-order valence-electron chi connectivity index (χ0n) is 10.4. The predicted molar refractivity (Wildman–Crippen MR) is 71.1 cm³/mol. The number of nitrogen functional groups attached to an aromatic ring is 1. The third kappa shape index (κ3) is 2.79. The first kappa shape index (κ1) is 13.2. The highest BCUT2D eigenvalue weighted by Crippen LogP contribution is 2.34. The van der Waals surface area contributed by atoms with Crippen molar-refractivity contribution < 1.29 is 14.2 Å². The van der Waals surface area contributed by atoms with E-state index >= 15 is 0 Å². The van der Waals surface area contributed by atoms with Gasteiger partial charge in [0.15, 0.2) is 16.7 Å². The van der Waals surface area contributed by atoms with Crippen LogP contribution in [0.5, 0.6) is 23.1 Å². The average molecular weight is 282 g/mol. The Morgan fingerprint density at radius 3 is 2.53 bits per heavy atom. The van der Waals surface area contributed by atoms with E-state index in [4.69, 9.17) is 31.5 Å². The molecule has 1 aromatic carbocycles. The van der Waals surface area contributed by atoms with Crippen molar-refractivity contribution in [2.24, 2.45) is 0 Å². The number of rotatable bonds is 4. The smallest absolute Gasteiger partial charge is 0.247 e. The fourth-order valence-corrected chi connectivity index (χ4v) is 1.56. The van der Waals surface area contributed by atoms with Crippen LogP contribution in [-0.2, 0) is 0 Å². The van der Waals surface area contributed by atoms with Crippen molar-refractivity contribution >= 4 is 17.3 Å². The first-order valence-electron chi connectivity index (χ1n) is 5.31. The van der Waals surface area contributed by atoms with Crippen molar-refractivity contribution in [2.75, 3.05) is 20.0 Å². The van der Waals surface area contributed by atoms with Crippen LogP contribution in [0.1, 0.15) is 0 Å². The molecule has 0 saturated heterocycles. The van der Waals surface area contributed by atoms with Crippen LogP contribution in [-0.4, -0.2) is 24.2 Å². The van der Waals surface area contributed by atoms with E-state index in [0.29, 0.717) is 17.2 Å². The summed E-state index contributed by atoms with van der Waals surface area (Å²) in [7, 11) is 3.10. The number of nitrogens with zero attached hydrogens (tertiary/aromatic N) is 2. The summed E-state index contributed by atoms with van der Waals surface area (Å²) in [5.41, 5.74) is 5.90. The molecule has 6 nitrogen and oxygen atoms in total. The maximum atomic E-state index is 5.79. The fourth-order valence-electron chi connectivity index (χ4n) is 1.43. The molecule has 0 atom stereocenters. The summed E-state index contributed by atoms with van der Waals surface area (Å²) in [6.07, 6.45) is 1.27. The molecule has 0 radical (unpaired) electrons. The number of anilines is 1. The average Bonchev–Trinajstić information content (AvgIpc) is 2.43. The van der Waals surface area contributed by atoms with Crippen LogP contribution in [0.3, 0.4) is 0 Å². The van der Waals surface area contributed by atoms with Gasteiger partial charge in [0.1, 0.15) is 17.8 Å². The zero-order valence-corrected chi connectivity index (χ0v) is 11.1. The molecule has 2 rings (SSSR count). The van der Waals surface area contributed by atoms with Gasteiger partial charge in [0, 0.05) is 6.07 Å². The van der Waals surface area contributed by atoms with E-state index in [1.54, 1.807) is 25.3 Å². The Hall–Kier alpha value is -2.21. The molecule has 0 saturated carbocycles. The number of aromatic nitrogens is 2. The van der Waals surface area contributed by atoms with Gasteiger partial charge in [0.05, 0.1) is 14.2 Å². The van der Waals surface area contributed by atoms with Crippen molar-refractivity contribution in [3.8, 4) is 23.1 Å². The lowest BCUT2D eigenvalue weighted by Crippen LogP contribution is -1.98. The van der Waals surface area contributed by atoms with Crippen LogP contribution in [0.25, 0.3) is 0 Å². The molecule has 0 aliphatic heterocycles. The van der Waals surface area contributed by atoms with Gasteiger partial charge in [-0.2, -0.15) is 4.98 Å². The Morgan fingerprint density at radius 1 is 1.11 bits per heavy atom. The summed E-state index contributed by atoms with van der Waals surface area (Å²) in [5, 5.41) is 0.144. The molecule has 0 unspecified atom stereocenters. The van der Waals surface area contributed by atoms with Gasteiger partial charge in [0.2, 0.25) is 5.88 Å². The van der Waals surface area contributed by atoms with Crippen molar-refractivity contribution in [1.29, 1.82) is 0 Å². The third-order valence-corrected chi connectivity index (χ3v) is 2.67. The Bertz CT molecular complexity index is 592. The van der Waals surface area contributed by atoms with E-state index in [9.17, 15) is 0 Å². The molecule has 1 aromatic heterocycles. The van der Waals surface area contributed by atoms with E-state index in [1.807, 2.05) is 0 Å². The van der Waals surface area contributed by atoms with Gasteiger partial charge in [-0.05, 0) is 12.1 Å². The van der Waals surface area contributed by atoms with Crippen LogP contribution in [0.2, 0.25) is 5.15 Å². The third-order valence-electron chi connectivity index (χ3n) is 2.37. The summed E-state index contributed by atoms with van der Waals surface area (Å²) in [5.74, 6) is 1.83. The number of nitrogens with two attached hydrogens (primary N) is 1. The number of hydrogen-bond acceptors (Lipinski definition) is 6. The topological polar surface area (TPSA) is 79.5 Å². The molecule has 2 aromatic rings. The van der Waals surface area contributed by atoms with Crippen LogP contribution < -0.4 is 19.9 Å². The van der Waals surface area contributed by atoms with Crippen molar-refractivity contribution in [2.45, 2.75) is 0 Å². The summed E-state index contributed by atoms with van der Waals surface area (Å²) in [6.45, 7) is 0. The number of ether oxygens (including phenoxy) is 3. The maximum absolute atomic E-state index is 5.79. The Morgan fingerprint density at radius 2 is 1.84 bits per heavy atom. The molecule has 0 amide bonds. The standard InChI is InChI=1S/C12H12ClN3O3/c1-17-8-4-3-7(5-9(8)18-2)19-12-10(14)11(13)15-6-16-12/h3-6H,14H2,1-2H3. The van der Waals surface area contributed by atoms with Gasteiger partial charge in [-0.15, -0.1) is 0 Å². The van der Waals surface area contributed by atoms with Crippen LogP contribution in [0.4, 0.5) is 5.69 Å². The Labute approximate surface area is 115 Å². The second kappa shape index (κ2) is 5.62. The summed E-state index contributed by atoms with van der Waals surface area (Å²) >= 11 is 5.79. The van der Waals surface area contributed by atoms with Gasteiger partial charge >= 0.3 is 0 Å². The molecule has 19 heavy (non-hydrogen) atoms. The summed E-state index contributed by atoms with van der Waals surface area (Å²) in [6, 6.07) is 5.08. The molecule has 0 bridgehead atoms. The van der Waals surface area contributed by atoms with E-state index < -0.39 is 0 Å². The number of halogens is 1. The zero-order chi connectivity index (χ0) is 13.8.